The lowest BCUT2D eigenvalue weighted by Crippen LogP contribution is -2.32. The zero-order chi connectivity index (χ0) is 41.0. The highest BCUT2D eigenvalue weighted by Gasteiger charge is 2.51. The normalized spacial score (nSPS) is 12.8. The van der Waals surface area contributed by atoms with Gasteiger partial charge in [-0.05, 0) is 46.5 Å². The molecule has 0 unspecified atom stereocenters. The maximum Gasteiger partial charge on any atom is 0.164 e. The van der Waals surface area contributed by atoms with Crippen LogP contribution in [0.25, 0.3) is 79.5 Å². The van der Waals surface area contributed by atoms with Crippen molar-refractivity contribution in [3.05, 3.63) is 229 Å². The van der Waals surface area contributed by atoms with E-state index in [0.29, 0.717) is 34.9 Å². The van der Waals surface area contributed by atoms with E-state index in [0.717, 1.165) is 78.3 Å². The summed E-state index contributed by atoms with van der Waals surface area (Å²) >= 11 is 0. The minimum Gasteiger partial charge on any atom is -0.457 e. The van der Waals surface area contributed by atoms with Gasteiger partial charge in [-0.15, -0.1) is 0 Å². The molecule has 1 aliphatic carbocycles. The van der Waals surface area contributed by atoms with Crippen LogP contribution in [0.3, 0.4) is 0 Å². The van der Waals surface area contributed by atoms with E-state index in [-0.39, 0.29) is 0 Å². The molecule has 0 saturated heterocycles. The Balaban J connectivity index is 1.11. The number of para-hydroxylation sites is 2. The van der Waals surface area contributed by atoms with Gasteiger partial charge in [-0.1, -0.05) is 182 Å². The van der Waals surface area contributed by atoms with E-state index in [1.165, 1.54) is 0 Å². The van der Waals surface area contributed by atoms with Crippen LogP contribution in [0.15, 0.2) is 206 Å². The highest BCUT2D eigenvalue weighted by molar-refractivity contribution is 5.92. The molecule has 0 saturated carbocycles. The first-order valence-electron chi connectivity index (χ1n) is 20.6. The van der Waals surface area contributed by atoms with E-state index >= 15 is 0 Å². The average molecular weight is 795 g/mol. The van der Waals surface area contributed by atoms with Gasteiger partial charge in [0.2, 0.25) is 0 Å². The van der Waals surface area contributed by atoms with E-state index in [4.69, 9.17) is 34.6 Å². The second-order valence-electron chi connectivity index (χ2n) is 15.4. The molecule has 1 aliphatic heterocycles. The Labute approximate surface area is 358 Å². The van der Waals surface area contributed by atoms with Crippen molar-refractivity contribution < 1.29 is 4.74 Å². The summed E-state index contributed by atoms with van der Waals surface area (Å²) in [5.74, 6) is 5.27. The topological polar surface area (TPSA) is 86.6 Å². The molecule has 0 bridgehead atoms. The summed E-state index contributed by atoms with van der Waals surface area (Å²) in [6.45, 7) is 0. The SMILES string of the molecule is c1ccc(-c2nc(-c3ccccc3)nc(-c3ccc4c(c3)-c3cc(-c5nc(-c6ccccc6)nc(-c6ccccc6)n5)ccc3C43c4ccccc4Oc4ccccc43)n2)cc1. The van der Waals surface area contributed by atoms with Gasteiger partial charge in [0.05, 0.1) is 5.41 Å². The second kappa shape index (κ2) is 14.4. The Morgan fingerprint density at radius 3 is 0.887 bits per heavy atom. The van der Waals surface area contributed by atoms with Crippen LogP contribution in [0.4, 0.5) is 0 Å². The Bertz CT molecular complexity index is 2980. The standard InChI is InChI=1S/C55H34N6O/c1-5-17-35(18-6-1)49-56-50(36-19-7-2-8-20-36)59-53(58-49)39-29-31-43-41(33-39)42-34-40(54-60-51(37-21-9-3-10-22-37)57-52(61-54)38-23-11-4-12-24-38)30-32-44(42)55(43)45-25-13-15-27-47(45)62-48-28-16-14-26-46(48)55/h1-34H. The van der Waals surface area contributed by atoms with Gasteiger partial charge in [0.1, 0.15) is 11.5 Å². The predicted molar refractivity (Wildman–Crippen MR) is 243 cm³/mol. The molecule has 2 aliphatic rings. The van der Waals surface area contributed by atoms with E-state index < -0.39 is 5.41 Å². The fourth-order valence-corrected chi connectivity index (χ4v) is 9.06. The van der Waals surface area contributed by atoms with E-state index in [1.54, 1.807) is 0 Å². The summed E-state index contributed by atoms with van der Waals surface area (Å²) in [4.78, 5) is 30.5. The van der Waals surface area contributed by atoms with Gasteiger partial charge in [-0.2, -0.15) is 0 Å². The minimum absolute atomic E-state index is 0.587. The molecular formula is C55H34N6O. The maximum atomic E-state index is 6.65. The van der Waals surface area contributed by atoms with E-state index in [9.17, 15) is 0 Å². The monoisotopic (exact) mass is 794 g/mol. The number of nitrogens with zero attached hydrogens (tertiary/aromatic N) is 6. The first-order valence-corrected chi connectivity index (χ1v) is 20.6. The van der Waals surface area contributed by atoms with Gasteiger partial charge in [-0.25, -0.2) is 29.9 Å². The van der Waals surface area contributed by atoms with Crippen LogP contribution >= 0.6 is 0 Å². The lowest BCUT2D eigenvalue weighted by Gasteiger charge is -2.39. The van der Waals surface area contributed by atoms with Crippen molar-refractivity contribution >= 4 is 0 Å². The van der Waals surface area contributed by atoms with Gasteiger partial charge in [0.25, 0.3) is 0 Å². The third kappa shape index (κ3) is 5.74. The van der Waals surface area contributed by atoms with Crippen LogP contribution in [0.2, 0.25) is 0 Å². The molecule has 0 amide bonds. The molecule has 8 aromatic carbocycles. The fraction of sp³-hybridized carbons (Fsp3) is 0.0182. The molecule has 62 heavy (non-hydrogen) atoms. The van der Waals surface area contributed by atoms with Crippen LogP contribution < -0.4 is 4.74 Å². The molecule has 0 N–H and O–H groups in total. The van der Waals surface area contributed by atoms with Crippen molar-refractivity contribution in [1.29, 1.82) is 0 Å². The maximum absolute atomic E-state index is 6.65. The molecule has 7 heteroatoms. The Hall–Kier alpha value is -8.42. The molecule has 3 heterocycles. The lowest BCUT2D eigenvalue weighted by atomic mass is 9.66. The molecular weight excluding hydrogens is 761 g/mol. The zero-order valence-electron chi connectivity index (χ0n) is 33.2. The minimum atomic E-state index is -0.680. The number of benzene rings is 8. The smallest absolute Gasteiger partial charge is 0.164 e. The third-order valence-electron chi connectivity index (χ3n) is 11.9. The predicted octanol–water partition coefficient (Wildman–Crippen LogP) is 12.5. The number of rotatable bonds is 6. The lowest BCUT2D eigenvalue weighted by molar-refractivity contribution is 0.436. The van der Waals surface area contributed by atoms with Crippen molar-refractivity contribution in [3.8, 4) is 91.0 Å². The van der Waals surface area contributed by atoms with Gasteiger partial charge in [0.15, 0.2) is 34.9 Å². The molecule has 1 spiro atoms. The summed E-state index contributed by atoms with van der Waals surface area (Å²) in [6, 6.07) is 70.4. The van der Waals surface area contributed by atoms with Gasteiger partial charge >= 0.3 is 0 Å². The molecule has 0 fully saturated rings. The highest BCUT2D eigenvalue weighted by Crippen LogP contribution is 2.62. The average Bonchev–Trinajstić information content (AvgIpc) is 3.64. The van der Waals surface area contributed by atoms with Crippen LogP contribution in [0.1, 0.15) is 22.3 Å². The van der Waals surface area contributed by atoms with Gasteiger partial charge in [-0.3, -0.25) is 0 Å². The molecule has 2 aromatic heterocycles. The number of hydrogen-bond acceptors (Lipinski definition) is 7. The van der Waals surface area contributed by atoms with Crippen molar-refractivity contribution in [2.24, 2.45) is 0 Å². The van der Waals surface area contributed by atoms with Crippen molar-refractivity contribution in [1.82, 2.24) is 29.9 Å². The van der Waals surface area contributed by atoms with Crippen LogP contribution in [0.5, 0.6) is 11.5 Å². The van der Waals surface area contributed by atoms with Crippen molar-refractivity contribution in [3.63, 3.8) is 0 Å². The molecule has 10 aromatic rings. The molecule has 7 nitrogen and oxygen atoms in total. The molecule has 290 valence electrons. The zero-order valence-corrected chi connectivity index (χ0v) is 33.2. The molecule has 12 rings (SSSR count). The summed E-state index contributed by atoms with van der Waals surface area (Å²) in [5.41, 5.74) is 11.3. The first-order chi connectivity index (χ1) is 30.7. The summed E-state index contributed by atoms with van der Waals surface area (Å²) in [6.07, 6.45) is 0. The summed E-state index contributed by atoms with van der Waals surface area (Å²) in [7, 11) is 0. The number of ether oxygens (including phenoxy) is 1. The van der Waals surface area contributed by atoms with E-state index in [2.05, 4.69) is 72.8 Å². The van der Waals surface area contributed by atoms with Crippen LogP contribution in [-0.2, 0) is 5.41 Å². The quantitative estimate of drug-likeness (QED) is 0.166. The van der Waals surface area contributed by atoms with Crippen LogP contribution in [-0.4, -0.2) is 29.9 Å². The summed E-state index contributed by atoms with van der Waals surface area (Å²) in [5, 5.41) is 0. The van der Waals surface area contributed by atoms with Crippen molar-refractivity contribution in [2.45, 2.75) is 5.41 Å². The van der Waals surface area contributed by atoms with Crippen molar-refractivity contribution in [2.75, 3.05) is 0 Å². The van der Waals surface area contributed by atoms with Crippen LogP contribution in [0, 0.1) is 0 Å². The third-order valence-corrected chi connectivity index (χ3v) is 11.9. The Morgan fingerprint density at radius 2 is 0.548 bits per heavy atom. The number of hydrogen-bond donors (Lipinski definition) is 0. The highest BCUT2D eigenvalue weighted by atomic mass is 16.5. The second-order valence-corrected chi connectivity index (χ2v) is 15.4. The van der Waals surface area contributed by atoms with Gasteiger partial charge in [0, 0.05) is 44.5 Å². The largest absolute Gasteiger partial charge is 0.457 e. The van der Waals surface area contributed by atoms with Gasteiger partial charge < -0.3 is 4.74 Å². The number of fused-ring (bicyclic) bond motifs is 9. The van der Waals surface area contributed by atoms with E-state index in [1.807, 2.05) is 133 Å². The summed E-state index contributed by atoms with van der Waals surface area (Å²) < 4.78 is 6.65. The molecule has 0 atom stereocenters. The first kappa shape index (κ1) is 35.5. The Kier molecular flexibility index (Phi) is 8.25. The molecule has 0 radical (unpaired) electrons. The fourth-order valence-electron chi connectivity index (χ4n) is 9.06. The number of aromatic nitrogens is 6. The Morgan fingerprint density at radius 1 is 0.258 bits per heavy atom.